The van der Waals surface area contributed by atoms with Crippen molar-refractivity contribution in [2.75, 3.05) is 65.9 Å². The van der Waals surface area contributed by atoms with Crippen molar-refractivity contribution in [2.45, 2.75) is 90.5 Å². The average Bonchev–Trinajstić information content (AvgIpc) is 4.08. The third-order valence-electron chi connectivity index (χ3n) is 7.73. The number of carbonyl (C=O) groups is 2. The van der Waals surface area contributed by atoms with Crippen molar-refractivity contribution in [3.8, 4) is 23.0 Å². The molecule has 6 N–H and O–H groups in total. The fourth-order valence-corrected chi connectivity index (χ4v) is 4.26. The largest absolute Gasteiger partial charge is 0.491 e. The molecule has 2 aromatic carbocycles. The number of benzene rings is 2. The summed E-state index contributed by atoms with van der Waals surface area (Å²) < 4.78 is 33.5. The molecule has 0 aliphatic heterocycles. The van der Waals surface area contributed by atoms with Crippen LogP contribution in [0.3, 0.4) is 0 Å². The van der Waals surface area contributed by atoms with Crippen LogP contribution in [0.15, 0.2) is 60.7 Å². The number of aliphatic carboxylic acids is 2. The standard InChI is InChI=1S/2C19H31NO4.C4H4O4/c2*1-19(2,3)20-12-16(21)14-24-18-8-6-17(7-9-18)23-11-10-22-13-15-4-5-15;5-3(6)1-2-4(7)8/h2*6-9,15-16,20-21H,4-5,10-14H2,1-3H3;1-2H,(H,5,6)(H,7,8)/b;;2-1+. The van der Waals surface area contributed by atoms with E-state index in [1.54, 1.807) is 0 Å². The Morgan fingerprint density at radius 3 is 1.16 bits per heavy atom. The van der Waals surface area contributed by atoms with Gasteiger partial charge in [-0.3, -0.25) is 0 Å². The zero-order valence-corrected chi connectivity index (χ0v) is 34.0. The molecular formula is C42H66N2O12. The third-order valence-corrected chi connectivity index (χ3v) is 7.73. The van der Waals surface area contributed by atoms with E-state index in [1.807, 2.05) is 48.5 Å². The quantitative estimate of drug-likeness (QED) is 0.0618. The van der Waals surface area contributed by atoms with E-state index >= 15 is 0 Å². The molecule has 0 aromatic heterocycles. The van der Waals surface area contributed by atoms with Crippen LogP contribution >= 0.6 is 0 Å². The number of ether oxygens (including phenoxy) is 6. The van der Waals surface area contributed by atoms with Crippen LogP contribution in [0.5, 0.6) is 23.0 Å². The van der Waals surface area contributed by atoms with E-state index in [1.165, 1.54) is 25.7 Å². The van der Waals surface area contributed by atoms with Crippen LogP contribution in [-0.4, -0.2) is 122 Å². The van der Waals surface area contributed by atoms with Gasteiger partial charge in [-0.15, -0.1) is 0 Å². The topological polar surface area (TPSA) is 194 Å². The van der Waals surface area contributed by atoms with Crippen molar-refractivity contribution in [1.82, 2.24) is 10.6 Å². The molecule has 4 rings (SSSR count). The first kappa shape index (κ1) is 48.2. The molecular weight excluding hydrogens is 724 g/mol. The Balaban J connectivity index is 0.000000325. The minimum Gasteiger partial charge on any atom is -0.491 e. The molecule has 2 fully saturated rings. The van der Waals surface area contributed by atoms with Gasteiger partial charge in [0.25, 0.3) is 0 Å². The van der Waals surface area contributed by atoms with E-state index in [9.17, 15) is 19.8 Å². The predicted molar refractivity (Wildman–Crippen MR) is 214 cm³/mol. The summed E-state index contributed by atoms with van der Waals surface area (Å²) >= 11 is 0. The van der Waals surface area contributed by atoms with Crippen LogP contribution in [0.2, 0.25) is 0 Å². The van der Waals surface area contributed by atoms with E-state index in [-0.39, 0.29) is 24.3 Å². The molecule has 2 aliphatic rings. The highest BCUT2D eigenvalue weighted by Gasteiger charge is 2.21. The maximum Gasteiger partial charge on any atom is 0.328 e. The zero-order valence-electron chi connectivity index (χ0n) is 34.0. The lowest BCUT2D eigenvalue weighted by atomic mass is 10.1. The van der Waals surface area contributed by atoms with Gasteiger partial charge in [-0.2, -0.15) is 0 Å². The minimum absolute atomic E-state index is 0.0116. The number of hydrogen-bond acceptors (Lipinski definition) is 12. The van der Waals surface area contributed by atoms with Crippen molar-refractivity contribution in [3.63, 3.8) is 0 Å². The van der Waals surface area contributed by atoms with Gasteiger partial charge in [-0.05, 0) is 128 Å². The molecule has 14 heteroatoms. The maximum absolute atomic E-state index is 9.91. The van der Waals surface area contributed by atoms with E-state index in [2.05, 4.69) is 52.2 Å². The summed E-state index contributed by atoms with van der Waals surface area (Å²) in [5.41, 5.74) is -0.0231. The van der Waals surface area contributed by atoms with E-state index < -0.39 is 24.1 Å². The molecule has 316 valence electrons. The summed E-state index contributed by atoms with van der Waals surface area (Å²) in [6, 6.07) is 14.9. The second-order valence-electron chi connectivity index (χ2n) is 15.9. The number of hydrogen-bond donors (Lipinski definition) is 6. The number of aliphatic hydroxyl groups is 2. The summed E-state index contributed by atoms with van der Waals surface area (Å²) in [6.07, 6.45) is 5.27. The Morgan fingerprint density at radius 1 is 0.589 bits per heavy atom. The minimum atomic E-state index is -1.26. The molecule has 2 unspecified atom stereocenters. The summed E-state index contributed by atoms with van der Waals surface area (Å²) in [5, 5.41) is 41.9. The Labute approximate surface area is 332 Å². The number of β-amino-alcohol motifs (C(OH)–C–C–N with tert-alkyl or cyclic N) is 2. The molecule has 2 saturated carbocycles. The van der Waals surface area contributed by atoms with Gasteiger partial charge in [0.15, 0.2) is 0 Å². The second-order valence-corrected chi connectivity index (χ2v) is 15.9. The highest BCUT2D eigenvalue weighted by molar-refractivity contribution is 5.89. The first-order valence-electron chi connectivity index (χ1n) is 19.3. The number of nitrogens with one attached hydrogen (secondary N) is 2. The molecule has 2 atom stereocenters. The van der Waals surface area contributed by atoms with Crippen molar-refractivity contribution < 1.29 is 58.4 Å². The first-order chi connectivity index (χ1) is 26.5. The summed E-state index contributed by atoms with van der Waals surface area (Å²) in [7, 11) is 0. The fourth-order valence-electron chi connectivity index (χ4n) is 4.26. The molecule has 0 bridgehead atoms. The smallest absolute Gasteiger partial charge is 0.328 e. The number of carboxylic acid groups (broad SMARTS) is 2. The van der Waals surface area contributed by atoms with Crippen molar-refractivity contribution >= 4 is 11.9 Å². The molecule has 0 heterocycles. The summed E-state index contributed by atoms with van der Waals surface area (Å²) in [4.78, 5) is 19.1. The molecule has 0 saturated heterocycles. The van der Waals surface area contributed by atoms with Crippen LogP contribution in [0.1, 0.15) is 67.2 Å². The van der Waals surface area contributed by atoms with Gasteiger partial charge in [-0.25, -0.2) is 9.59 Å². The van der Waals surface area contributed by atoms with E-state index in [4.69, 9.17) is 38.6 Å². The normalized spacial score (nSPS) is 15.1. The Morgan fingerprint density at radius 2 is 0.893 bits per heavy atom. The Bertz CT molecular complexity index is 1280. The number of rotatable bonds is 24. The van der Waals surface area contributed by atoms with Gasteiger partial charge < -0.3 is 59.5 Å². The molecule has 0 spiro atoms. The number of aliphatic hydroxyl groups excluding tert-OH is 2. The molecule has 0 radical (unpaired) electrons. The van der Waals surface area contributed by atoms with Crippen molar-refractivity contribution in [3.05, 3.63) is 60.7 Å². The maximum atomic E-state index is 9.91. The zero-order chi connectivity index (χ0) is 41.4. The fraction of sp³-hybridized carbons (Fsp3) is 0.619. The molecule has 2 aromatic rings. The lowest BCUT2D eigenvalue weighted by molar-refractivity contribution is -0.134. The summed E-state index contributed by atoms with van der Waals surface area (Å²) in [6.45, 7) is 18.0. The monoisotopic (exact) mass is 790 g/mol. The Hall–Kier alpha value is -3.92. The van der Waals surface area contributed by atoms with Crippen LogP contribution in [-0.2, 0) is 19.1 Å². The second kappa shape index (κ2) is 26.1. The molecule has 14 nitrogen and oxygen atoms in total. The lowest BCUT2D eigenvalue weighted by Crippen LogP contribution is -2.42. The van der Waals surface area contributed by atoms with Crippen LogP contribution in [0.25, 0.3) is 0 Å². The van der Waals surface area contributed by atoms with Crippen LogP contribution < -0.4 is 29.6 Å². The highest BCUT2D eigenvalue weighted by Crippen LogP contribution is 2.29. The van der Waals surface area contributed by atoms with Crippen LogP contribution in [0.4, 0.5) is 0 Å². The third kappa shape index (κ3) is 28.5. The average molecular weight is 791 g/mol. The van der Waals surface area contributed by atoms with E-state index in [0.717, 1.165) is 48.0 Å². The van der Waals surface area contributed by atoms with Crippen molar-refractivity contribution in [1.29, 1.82) is 0 Å². The highest BCUT2D eigenvalue weighted by atomic mass is 16.5. The molecule has 56 heavy (non-hydrogen) atoms. The molecule has 0 amide bonds. The van der Waals surface area contributed by atoms with Crippen LogP contribution in [0, 0.1) is 11.8 Å². The van der Waals surface area contributed by atoms with Gasteiger partial charge in [0.1, 0.15) is 61.6 Å². The first-order valence-corrected chi connectivity index (χ1v) is 19.3. The van der Waals surface area contributed by atoms with Gasteiger partial charge >= 0.3 is 11.9 Å². The van der Waals surface area contributed by atoms with Crippen molar-refractivity contribution in [2.24, 2.45) is 11.8 Å². The SMILES string of the molecule is CC(C)(C)NCC(O)COc1ccc(OCCOCC2CC2)cc1.CC(C)(C)NCC(O)COc1ccc(OCCOCC2CC2)cc1.O=C(O)/C=C/C(=O)O. The van der Waals surface area contributed by atoms with Gasteiger partial charge in [0, 0.05) is 49.5 Å². The lowest BCUT2D eigenvalue weighted by Gasteiger charge is -2.23. The van der Waals surface area contributed by atoms with E-state index in [0.29, 0.717) is 51.7 Å². The van der Waals surface area contributed by atoms with Gasteiger partial charge in [-0.1, -0.05) is 0 Å². The number of carboxylic acids is 2. The summed E-state index contributed by atoms with van der Waals surface area (Å²) in [5.74, 6) is 2.11. The van der Waals surface area contributed by atoms with Gasteiger partial charge in [0.05, 0.1) is 13.2 Å². The molecule has 2 aliphatic carbocycles. The Kier molecular flexibility index (Phi) is 22.5. The predicted octanol–water partition coefficient (Wildman–Crippen LogP) is 4.95. The van der Waals surface area contributed by atoms with Gasteiger partial charge in [0.2, 0.25) is 0 Å².